The van der Waals surface area contributed by atoms with Crippen molar-refractivity contribution in [1.82, 2.24) is 10.2 Å². The molecule has 0 unspecified atom stereocenters. The summed E-state index contributed by atoms with van der Waals surface area (Å²) in [6.45, 7) is 3.52. The summed E-state index contributed by atoms with van der Waals surface area (Å²) < 4.78 is 6.83. The van der Waals surface area contributed by atoms with Crippen LogP contribution in [0.2, 0.25) is 0 Å². The van der Waals surface area contributed by atoms with E-state index < -0.39 is 0 Å². The Morgan fingerprint density at radius 1 is 1.45 bits per heavy atom. The third-order valence-electron chi connectivity index (χ3n) is 4.07. The number of morpholine rings is 1. The predicted octanol–water partition coefficient (Wildman–Crippen LogP) is 1.88. The predicted molar refractivity (Wildman–Crippen MR) is 85.8 cm³/mol. The van der Waals surface area contributed by atoms with Crippen LogP contribution >= 0.6 is 22.6 Å². The monoisotopic (exact) mass is 386 g/mol. The molecule has 0 saturated carbocycles. The molecule has 2 saturated heterocycles. The number of hydrogen-bond acceptors (Lipinski definition) is 3. The number of carbonyl (C=O) groups is 1. The van der Waals surface area contributed by atoms with Crippen molar-refractivity contribution in [3.05, 3.63) is 33.4 Å². The van der Waals surface area contributed by atoms with E-state index in [0.29, 0.717) is 12.6 Å². The number of ether oxygens (including phenoxy) is 1. The normalized spacial score (nSPS) is 26.2. The minimum atomic E-state index is -0.0119. The van der Waals surface area contributed by atoms with Gasteiger partial charge in [-0.25, -0.2) is 0 Å². The molecule has 0 spiro atoms. The zero-order chi connectivity index (χ0) is 13.9. The summed E-state index contributed by atoms with van der Waals surface area (Å²) in [6.07, 6.45) is 2.64. The van der Waals surface area contributed by atoms with E-state index in [0.717, 1.165) is 22.3 Å². The summed E-state index contributed by atoms with van der Waals surface area (Å²) in [4.78, 5) is 14.6. The second-order valence-electron chi connectivity index (χ2n) is 5.44. The van der Waals surface area contributed by atoms with Gasteiger partial charge in [-0.3, -0.25) is 9.69 Å². The number of hydrogen-bond donors (Lipinski definition) is 1. The van der Waals surface area contributed by atoms with Crippen LogP contribution in [0.25, 0.3) is 0 Å². The van der Waals surface area contributed by atoms with Crippen LogP contribution in [0.1, 0.15) is 23.2 Å². The Balaban J connectivity index is 1.52. The van der Waals surface area contributed by atoms with Crippen LogP contribution in [0.3, 0.4) is 0 Å². The maximum Gasteiger partial charge on any atom is 0.252 e. The second kappa shape index (κ2) is 6.41. The van der Waals surface area contributed by atoms with Crippen molar-refractivity contribution < 1.29 is 9.53 Å². The van der Waals surface area contributed by atoms with Gasteiger partial charge >= 0.3 is 0 Å². The Morgan fingerprint density at radius 2 is 2.30 bits per heavy atom. The molecule has 1 amide bonds. The largest absolute Gasteiger partial charge is 0.373 e. The lowest BCUT2D eigenvalue weighted by molar-refractivity contribution is -0.0461. The number of rotatable bonds is 3. The van der Waals surface area contributed by atoms with Crippen molar-refractivity contribution in [2.24, 2.45) is 0 Å². The first kappa shape index (κ1) is 14.3. The third kappa shape index (κ3) is 3.15. The van der Waals surface area contributed by atoms with Crippen LogP contribution in [0.4, 0.5) is 0 Å². The SMILES string of the molecule is O=C(NC[C@H]1CN2CCC[C@H]2CO1)c1ccccc1I. The first-order valence-electron chi connectivity index (χ1n) is 7.12. The fourth-order valence-electron chi connectivity index (χ4n) is 2.96. The van der Waals surface area contributed by atoms with E-state index in [1.165, 1.54) is 19.4 Å². The summed E-state index contributed by atoms with van der Waals surface area (Å²) >= 11 is 2.19. The molecule has 1 aromatic rings. The highest BCUT2D eigenvalue weighted by Crippen LogP contribution is 2.22. The van der Waals surface area contributed by atoms with Gasteiger partial charge in [0.15, 0.2) is 0 Å². The van der Waals surface area contributed by atoms with Crippen molar-refractivity contribution in [3.8, 4) is 0 Å². The van der Waals surface area contributed by atoms with Gasteiger partial charge in [0, 0.05) is 22.7 Å². The van der Waals surface area contributed by atoms with Crippen LogP contribution in [0.15, 0.2) is 24.3 Å². The van der Waals surface area contributed by atoms with Gasteiger partial charge in [-0.2, -0.15) is 0 Å². The van der Waals surface area contributed by atoms with Crippen molar-refractivity contribution >= 4 is 28.5 Å². The van der Waals surface area contributed by atoms with Crippen molar-refractivity contribution in [2.75, 3.05) is 26.2 Å². The van der Waals surface area contributed by atoms with Gasteiger partial charge in [-0.15, -0.1) is 0 Å². The first-order chi connectivity index (χ1) is 9.74. The van der Waals surface area contributed by atoms with Gasteiger partial charge in [0.05, 0.1) is 18.3 Å². The van der Waals surface area contributed by atoms with Crippen LogP contribution in [-0.2, 0) is 4.74 Å². The Kier molecular flexibility index (Phi) is 4.58. The van der Waals surface area contributed by atoms with E-state index in [4.69, 9.17) is 4.74 Å². The van der Waals surface area contributed by atoms with Gasteiger partial charge in [-0.1, -0.05) is 12.1 Å². The number of carbonyl (C=O) groups excluding carboxylic acids is 1. The zero-order valence-corrected chi connectivity index (χ0v) is 13.5. The molecule has 20 heavy (non-hydrogen) atoms. The molecule has 0 aliphatic carbocycles. The number of fused-ring (bicyclic) bond motifs is 1. The zero-order valence-electron chi connectivity index (χ0n) is 11.3. The highest BCUT2D eigenvalue weighted by molar-refractivity contribution is 14.1. The fraction of sp³-hybridized carbons (Fsp3) is 0.533. The molecular formula is C15H19IN2O2. The van der Waals surface area contributed by atoms with E-state index in [2.05, 4.69) is 32.8 Å². The average molecular weight is 386 g/mol. The average Bonchev–Trinajstić information content (AvgIpc) is 2.92. The lowest BCUT2D eigenvalue weighted by atomic mass is 10.1. The third-order valence-corrected chi connectivity index (χ3v) is 5.01. The van der Waals surface area contributed by atoms with Crippen molar-refractivity contribution in [1.29, 1.82) is 0 Å². The molecule has 0 bridgehead atoms. The fourth-order valence-corrected chi connectivity index (χ4v) is 3.59. The summed E-state index contributed by atoms with van der Waals surface area (Å²) in [5, 5.41) is 2.99. The quantitative estimate of drug-likeness (QED) is 0.807. The van der Waals surface area contributed by atoms with E-state index in [1.54, 1.807) is 0 Å². The lowest BCUT2D eigenvalue weighted by Gasteiger charge is -2.35. The van der Waals surface area contributed by atoms with Gasteiger partial charge in [0.1, 0.15) is 0 Å². The van der Waals surface area contributed by atoms with Gasteiger partial charge in [0.25, 0.3) is 5.91 Å². The summed E-state index contributed by atoms with van der Waals surface area (Å²) in [7, 11) is 0. The standard InChI is InChI=1S/C15H19IN2O2/c16-14-6-2-1-5-13(14)15(19)17-8-12-9-18-7-3-4-11(18)10-20-12/h1-2,5-6,11-12H,3-4,7-10H2,(H,17,19)/t11-,12-/m0/s1. The van der Waals surface area contributed by atoms with Crippen molar-refractivity contribution in [2.45, 2.75) is 25.0 Å². The van der Waals surface area contributed by atoms with Crippen LogP contribution in [-0.4, -0.2) is 49.2 Å². The summed E-state index contributed by atoms with van der Waals surface area (Å²) in [5.74, 6) is -0.0119. The summed E-state index contributed by atoms with van der Waals surface area (Å²) in [6, 6.07) is 8.24. The maximum atomic E-state index is 12.2. The van der Waals surface area contributed by atoms with Crippen molar-refractivity contribution in [3.63, 3.8) is 0 Å². The van der Waals surface area contributed by atoms with E-state index in [1.807, 2.05) is 24.3 Å². The van der Waals surface area contributed by atoms with Crippen LogP contribution in [0.5, 0.6) is 0 Å². The molecule has 0 aromatic heterocycles. The molecule has 108 valence electrons. The Labute approximate surface area is 133 Å². The topological polar surface area (TPSA) is 41.6 Å². The summed E-state index contributed by atoms with van der Waals surface area (Å²) in [5.41, 5.74) is 0.739. The van der Waals surface area contributed by atoms with E-state index in [-0.39, 0.29) is 12.0 Å². The Bertz CT molecular complexity index is 495. The van der Waals surface area contributed by atoms with Crippen LogP contribution in [0, 0.1) is 3.57 Å². The molecule has 4 nitrogen and oxygen atoms in total. The molecule has 2 heterocycles. The minimum absolute atomic E-state index is 0.0119. The Hall–Kier alpha value is -0.660. The Morgan fingerprint density at radius 3 is 3.15 bits per heavy atom. The van der Waals surface area contributed by atoms with Crippen LogP contribution < -0.4 is 5.32 Å². The number of amides is 1. The highest BCUT2D eigenvalue weighted by Gasteiger charge is 2.32. The highest BCUT2D eigenvalue weighted by atomic mass is 127. The van der Waals surface area contributed by atoms with Gasteiger partial charge in [-0.05, 0) is 54.1 Å². The smallest absolute Gasteiger partial charge is 0.252 e. The van der Waals surface area contributed by atoms with E-state index >= 15 is 0 Å². The molecule has 0 radical (unpaired) electrons. The lowest BCUT2D eigenvalue weighted by Crippen LogP contribution is -2.50. The van der Waals surface area contributed by atoms with Gasteiger partial charge < -0.3 is 10.1 Å². The molecule has 1 N–H and O–H groups in total. The first-order valence-corrected chi connectivity index (χ1v) is 8.20. The molecule has 2 aliphatic heterocycles. The number of nitrogens with zero attached hydrogens (tertiary/aromatic N) is 1. The van der Waals surface area contributed by atoms with E-state index in [9.17, 15) is 4.79 Å². The number of nitrogens with one attached hydrogen (secondary N) is 1. The number of benzene rings is 1. The second-order valence-corrected chi connectivity index (χ2v) is 6.60. The number of halogens is 1. The minimum Gasteiger partial charge on any atom is -0.373 e. The molecular weight excluding hydrogens is 367 g/mol. The molecule has 2 fully saturated rings. The molecule has 3 rings (SSSR count). The maximum absolute atomic E-state index is 12.2. The molecule has 2 atom stereocenters. The molecule has 2 aliphatic rings. The molecule has 1 aromatic carbocycles. The molecule has 5 heteroatoms. The van der Waals surface area contributed by atoms with Gasteiger partial charge in [0.2, 0.25) is 0 Å².